The number of nitrogens with zero attached hydrogens (tertiary/aromatic N) is 1. The fraction of sp³-hybridized carbons (Fsp3) is 0.0833. The molecule has 7 heteroatoms. The van der Waals surface area contributed by atoms with Crippen LogP contribution in [0.1, 0.15) is 11.1 Å². The van der Waals surface area contributed by atoms with Crippen molar-refractivity contribution in [3.8, 4) is 17.6 Å². The molecule has 1 amide bonds. The number of amides is 1. The highest BCUT2D eigenvalue weighted by molar-refractivity contribution is 9.10. The first-order chi connectivity index (χ1) is 15.0. The summed E-state index contributed by atoms with van der Waals surface area (Å²) < 4.78 is 12.9. The second kappa shape index (κ2) is 10.8. The molecule has 0 aromatic heterocycles. The zero-order chi connectivity index (χ0) is 22.2. The molecule has 3 aromatic carbocycles. The van der Waals surface area contributed by atoms with Gasteiger partial charge in [0.05, 0.1) is 7.11 Å². The SMILES string of the molecule is COc1cc(/C=C(/C#N)C(=O)Nc2ccc(Br)cc2)c(Br)cc1OCc1ccccc1. The first-order valence-electron chi connectivity index (χ1n) is 9.23. The lowest BCUT2D eigenvalue weighted by Crippen LogP contribution is -2.13. The van der Waals surface area contributed by atoms with Crippen molar-refractivity contribution in [2.45, 2.75) is 6.61 Å². The molecule has 0 fully saturated rings. The maximum Gasteiger partial charge on any atom is 0.266 e. The van der Waals surface area contributed by atoms with Crippen molar-refractivity contribution in [2.75, 3.05) is 12.4 Å². The number of hydrogen-bond donors (Lipinski definition) is 1. The number of halogens is 2. The van der Waals surface area contributed by atoms with Crippen LogP contribution in [0.3, 0.4) is 0 Å². The van der Waals surface area contributed by atoms with E-state index in [-0.39, 0.29) is 5.57 Å². The molecule has 31 heavy (non-hydrogen) atoms. The van der Waals surface area contributed by atoms with Gasteiger partial charge in [-0.05, 0) is 53.6 Å². The molecule has 5 nitrogen and oxygen atoms in total. The van der Waals surface area contributed by atoms with Crippen molar-refractivity contribution in [1.82, 2.24) is 0 Å². The monoisotopic (exact) mass is 540 g/mol. The minimum absolute atomic E-state index is 0.0383. The highest BCUT2D eigenvalue weighted by Gasteiger charge is 2.14. The third kappa shape index (κ3) is 6.20. The summed E-state index contributed by atoms with van der Waals surface area (Å²) in [7, 11) is 1.54. The van der Waals surface area contributed by atoms with Gasteiger partial charge in [0.2, 0.25) is 0 Å². The van der Waals surface area contributed by atoms with E-state index in [2.05, 4.69) is 37.2 Å². The number of rotatable bonds is 7. The number of nitriles is 1. The summed E-state index contributed by atoms with van der Waals surface area (Å²) in [5.41, 5.74) is 2.20. The van der Waals surface area contributed by atoms with E-state index in [1.807, 2.05) is 36.4 Å². The summed E-state index contributed by atoms with van der Waals surface area (Å²) in [4.78, 5) is 12.5. The molecule has 0 aliphatic carbocycles. The predicted molar refractivity (Wildman–Crippen MR) is 128 cm³/mol. The number of anilines is 1. The van der Waals surface area contributed by atoms with Gasteiger partial charge in [-0.25, -0.2) is 0 Å². The van der Waals surface area contributed by atoms with Crippen molar-refractivity contribution in [2.24, 2.45) is 0 Å². The molecule has 0 spiro atoms. The number of nitrogens with one attached hydrogen (secondary N) is 1. The lowest BCUT2D eigenvalue weighted by atomic mass is 10.1. The number of carbonyl (C=O) groups excluding carboxylic acids is 1. The Kier molecular flexibility index (Phi) is 7.88. The van der Waals surface area contributed by atoms with Gasteiger partial charge in [-0.15, -0.1) is 0 Å². The van der Waals surface area contributed by atoms with Gasteiger partial charge < -0.3 is 14.8 Å². The van der Waals surface area contributed by atoms with Crippen molar-refractivity contribution < 1.29 is 14.3 Å². The van der Waals surface area contributed by atoms with Crippen LogP contribution < -0.4 is 14.8 Å². The highest BCUT2D eigenvalue weighted by Crippen LogP contribution is 2.35. The fourth-order valence-electron chi connectivity index (χ4n) is 2.70. The molecule has 3 aromatic rings. The largest absolute Gasteiger partial charge is 0.493 e. The van der Waals surface area contributed by atoms with Gasteiger partial charge in [0, 0.05) is 14.6 Å². The van der Waals surface area contributed by atoms with Gasteiger partial charge in [0.15, 0.2) is 11.5 Å². The lowest BCUT2D eigenvalue weighted by molar-refractivity contribution is -0.112. The second-order valence-corrected chi connectivity index (χ2v) is 8.20. The number of hydrogen-bond acceptors (Lipinski definition) is 4. The molecular weight excluding hydrogens is 524 g/mol. The van der Waals surface area contributed by atoms with Crippen LogP contribution in [0.15, 0.2) is 81.2 Å². The predicted octanol–water partition coefficient (Wildman–Crippen LogP) is 6.34. The van der Waals surface area contributed by atoms with Gasteiger partial charge >= 0.3 is 0 Å². The number of benzene rings is 3. The zero-order valence-electron chi connectivity index (χ0n) is 16.6. The molecule has 0 bridgehead atoms. The smallest absolute Gasteiger partial charge is 0.266 e. The Morgan fingerprint density at radius 3 is 2.42 bits per heavy atom. The minimum Gasteiger partial charge on any atom is -0.493 e. The molecule has 1 N–H and O–H groups in total. The van der Waals surface area contributed by atoms with Crippen LogP contribution in [0, 0.1) is 11.3 Å². The Labute approximate surface area is 197 Å². The Bertz CT molecular complexity index is 1140. The van der Waals surface area contributed by atoms with Crippen molar-refractivity contribution in [1.29, 1.82) is 5.26 Å². The van der Waals surface area contributed by atoms with Crippen LogP contribution in [0.4, 0.5) is 5.69 Å². The molecule has 0 unspecified atom stereocenters. The van der Waals surface area contributed by atoms with Gasteiger partial charge in [-0.3, -0.25) is 4.79 Å². The van der Waals surface area contributed by atoms with Gasteiger partial charge in [-0.1, -0.05) is 62.2 Å². The molecule has 0 aliphatic heterocycles. The third-order valence-electron chi connectivity index (χ3n) is 4.29. The molecule has 0 aliphatic rings. The topological polar surface area (TPSA) is 71.3 Å². The lowest BCUT2D eigenvalue weighted by Gasteiger charge is -2.13. The van der Waals surface area contributed by atoms with E-state index >= 15 is 0 Å². The van der Waals surface area contributed by atoms with E-state index in [0.717, 1.165) is 10.0 Å². The molecule has 0 saturated heterocycles. The first-order valence-corrected chi connectivity index (χ1v) is 10.8. The standard InChI is InChI=1S/C24H18Br2N2O3/c1-30-22-12-17(21(26)13-23(22)31-15-16-5-3-2-4-6-16)11-18(14-27)24(29)28-20-9-7-19(25)8-10-20/h2-13H,15H2,1H3,(H,28,29)/b18-11-. The highest BCUT2D eigenvalue weighted by atomic mass is 79.9. The molecular formula is C24H18Br2N2O3. The summed E-state index contributed by atoms with van der Waals surface area (Å²) in [5, 5.41) is 12.2. The quantitative estimate of drug-likeness (QED) is 0.279. The van der Waals surface area contributed by atoms with Gasteiger partial charge in [0.1, 0.15) is 18.2 Å². The van der Waals surface area contributed by atoms with E-state index in [0.29, 0.717) is 33.8 Å². The second-order valence-electron chi connectivity index (χ2n) is 6.43. The van der Waals surface area contributed by atoms with E-state index in [1.165, 1.54) is 13.2 Å². The molecule has 0 saturated carbocycles. The zero-order valence-corrected chi connectivity index (χ0v) is 19.7. The van der Waals surface area contributed by atoms with Crippen LogP contribution in [0.5, 0.6) is 11.5 Å². The van der Waals surface area contributed by atoms with Crippen LogP contribution in [0.25, 0.3) is 6.08 Å². The van der Waals surface area contributed by atoms with Gasteiger partial charge in [0.25, 0.3) is 5.91 Å². The van der Waals surface area contributed by atoms with E-state index in [1.54, 1.807) is 36.4 Å². The Morgan fingerprint density at radius 1 is 1.06 bits per heavy atom. The first kappa shape index (κ1) is 22.6. The van der Waals surface area contributed by atoms with Crippen molar-refractivity contribution >= 4 is 49.5 Å². The van der Waals surface area contributed by atoms with E-state index < -0.39 is 5.91 Å². The molecule has 156 valence electrons. The van der Waals surface area contributed by atoms with Crippen LogP contribution in [0.2, 0.25) is 0 Å². The van der Waals surface area contributed by atoms with Crippen LogP contribution >= 0.6 is 31.9 Å². The van der Waals surface area contributed by atoms with Crippen LogP contribution in [-0.4, -0.2) is 13.0 Å². The summed E-state index contributed by atoms with van der Waals surface area (Å²) in [5.74, 6) is 0.546. The van der Waals surface area contributed by atoms with Gasteiger partial charge in [-0.2, -0.15) is 5.26 Å². The molecule has 3 rings (SSSR count). The fourth-order valence-corrected chi connectivity index (χ4v) is 3.41. The van der Waals surface area contributed by atoms with E-state index in [9.17, 15) is 10.1 Å². The Hall–Kier alpha value is -3.08. The third-order valence-corrected chi connectivity index (χ3v) is 5.50. The normalized spacial score (nSPS) is 10.8. The average Bonchev–Trinajstić information content (AvgIpc) is 2.79. The maximum atomic E-state index is 12.5. The number of carbonyl (C=O) groups is 1. The summed E-state index contributed by atoms with van der Waals surface area (Å²) in [6.07, 6.45) is 1.50. The number of methoxy groups -OCH3 is 1. The summed E-state index contributed by atoms with van der Waals surface area (Å²) >= 11 is 6.84. The summed E-state index contributed by atoms with van der Waals surface area (Å²) in [6.45, 7) is 0.387. The van der Waals surface area contributed by atoms with E-state index in [4.69, 9.17) is 9.47 Å². The van der Waals surface area contributed by atoms with Crippen molar-refractivity contribution in [3.05, 3.63) is 92.4 Å². The maximum absolute atomic E-state index is 12.5. The molecule has 0 heterocycles. The average molecular weight is 542 g/mol. The Morgan fingerprint density at radius 2 is 1.77 bits per heavy atom. The molecule has 0 atom stereocenters. The van der Waals surface area contributed by atoms with Crippen molar-refractivity contribution in [3.63, 3.8) is 0 Å². The Balaban J connectivity index is 1.81. The summed E-state index contributed by atoms with van der Waals surface area (Å²) in [6, 6.07) is 22.3. The van der Waals surface area contributed by atoms with Crippen LogP contribution in [-0.2, 0) is 11.4 Å². The minimum atomic E-state index is -0.500. The molecule has 0 radical (unpaired) electrons. The number of ether oxygens (including phenoxy) is 2.